The van der Waals surface area contributed by atoms with Crippen LogP contribution in [-0.2, 0) is 21.7 Å². The molecule has 3 heterocycles. The fraction of sp³-hybridized carbons (Fsp3) is 0.233. The Morgan fingerprint density at radius 1 is 0.403 bits per heavy atom. The van der Waals surface area contributed by atoms with E-state index in [0.717, 1.165) is 6.42 Å². The maximum atomic E-state index is 2.67. The highest BCUT2D eigenvalue weighted by Gasteiger charge is 2.46. The second-order valence-electron chi connectivity index (χ2n) is 25.8. The molecular weight excluding hydrogens is 948 g/mol. The van der Waals surface area contributed by atoms with Gasteiger partial charge in [0.2, 0.25) is 0 Å². The van der Waals surface area contributed by atoms with E-state index in [0.29, 0.717) is 0 Å². The summed E-state index contributed by atoms with van der Waals surface area (Å²) in [6.45, 7) is 28.2. The summed E-state index contributed by atoms with van der Waals surface area (Å²) in [7, 11) is 0. The summed E-state index contributed by atoms with van der Waals surface area (Å²) in [4.78, 5) is 5.30. The molecule has 2 aliphatic rings. The third-order valence-electron chi connectivity index (χ3n) is 17.4. The van der Waals surface area contributed by atoms with Crippen LogP contribution in [0.3, 0.4) is 0 Å². The molecule has 380 valence electrons. The lowest BCUT2D eigenvalue weighted by Crippen LogP contribution is -2.60. The van der Waals surface area contributed by atoms with Crippen LogP contribution in [-0.4, -0.2) is 6.71 Å². The highest BCUT2D eigenvalue weighted by atomic mass is 32.1. The number of hydrogen-bond acceptors (Lipinski definition) is 3. The van der Waals surface area contributed by atoms with Gasteiger partial charge >= 0.3 is 0 Å². The van der Waals surface area contributed by atoms with Crippen molar-refractivity contribution in [3.05, 3.63) is 210 Å². The largest absolute Gasteiger partial charge is 0.311 e. The van der Waals surface area contributed by atoms with Crippen LogP contribution in [0.15, 0.2) is 188 Å². The van der Waals surface area contributed by atoms with Crippen molar-refractivity contribution >= 4 is 110 Å². The van der Waals surface area contributed by atoms with Gasteiger partial charge in [0.25, 0.3) is 6.71 Å². The number of rotatable bonds is 6. The first kappa shape index (κ1) is 49.2. The average molecular weight is 1020 g/mol. The first-order valence-corrected chi connectivity index (χ1v) is 28.7. The van der Waals surface area contributed by atoms with E-state index < -0.39 is 0 Å². The zero-order chi connectivity index (χ0) is 53.5. The second-order valence-corrected chi connectivity index (χ2v) is 26.9. The van der Waals surface area contributed by atoms with E-state index in [9.17, 15) is 0 Å². The molecule has 77 heavy (non-hydrogen) atoms. The smallest absolute Gasteiger partial charge is 0.264 e. The lowest BCUT2D eigenvalue weighted by molar-refractivity contribution is 0.506. The minimum Gasteiger partial charge on any atom is -0.311 e. The molecule has 0 spiro atoms. The Hall–Kier alpha value is -7.40. The van der Waals surface area contributed by atoms with E-state index >= 15 is 0 Å². The molecule has 0 bridgehead atoms. The summed E-state index contributed by atoms with van der Waals surface area (Å²) < 4.78 is 2.71. The normalized spacial score (nSPS) is 13.7. The van der Waals surface area contributed by atoms with Gasteiger partial charge in [0.05, 0.1) is 11.4 Å². The van der Waals surface area contributed by atoms with E-state index in [4.69, 9.17) is 0 Å². The van der Waals surface area contributed by atoms with Crippen LogP contribution in [0, 0.1) is 0 Å². The molecule has 10 aromatic carbocycles. The predicted molar refractivity (Wildman–Crippen MR) is 339 cm³/mol. The Labute approximate surface area is 461 Å². The highest BCUT2D eigenvalue weighted by Crippen LogP contribution is 2.52. The second kappa shape index (κ2) is 17.6. The van der Waals surface area contributed by atoms with Gasteiger partial charge in [0, 0.05) is 43.2 Å². The molecule has 0 amide bonds. The van der Waals surface area contributed by atoms with Crippen molar-refractivity contribution in [2.45, 2.75) is 111 Å². The van der Waals surface area contributed by atoms with Crippen molar-refractivity contribution in [3.63, 3.8) is 0 Å². The van der Waals surface area contributed by atoms with Crippen LogP contribution in [0.1, 0.15) is 112 Å². The Bertz CT molecular complexity index is 4140. The van der Waals surface area contributed by atoms with Crippen LogP contribution in [0.2, 0.25) is 0 Å². The number of thiophene rings is 1. The number of hydrogen-bond donors (Lipinski definition) is 0. The molecule has 1 aromatic heterocycles. The Morgan fingerprint density at radius 2 is 0.974 bits per heavy atom. The number of benzene rings is 10. The predicted octanol–water partition coefficient (Wildman–Crippen LogP) is 19.4. The maximum Gasteiger partial charge on any atom is 0.264 e. The standard InChI is InChI=1S/C73H69BN2S/c1-13-73(11,12)47-31-35-50(36-32-47)75-63-28-21-29-64-67(63)74(69-68(75)59-42-49(71(5,6)7)34-39-66(59)77-69)61-43-56(45-22-15-14-16-23-45)60(72(8,9)10)44-65(61)76(64)62-38-33-48(70(2,3)4)41-57(62)46-30-37-55-53-26-18-17-24-51(53)52-25-19-20-27-54(52)58(55)40-46/h14-44H,13H2,1-12H3. The molecule has 0 N–H and O–H groups in total. The van der Waals surface area contributed by atoms with Gasteiger partial charge in [-0.3, -0.25) is 0 Å². The average Bonchev–Trinajstić information content (AvgIpc) is 3.89. The summed E-state index contributed by atoms with van der Waals surface area (Å²) in [5.41, 5.74) is 20.2. The fourth-order valence-corrected chi connectivity index (χ4v) is 14.0. The molecular formula is C73H69BN2S. The molecule has 11 aromatic rings. The molecule has 4 heteroatoms. The molecule has 0 unspecified atom stereocenters. The van der Waals surface area contributed by atoms with Gasteiger partial charge in [-0.1, -0.05) is 210 Å². The molecule has 0 saturated carbocycles. The summed E-state index contributed by atoms with van der Waals surface area (Å²) in [5, 5.41) is 9.03. The zero-order valence-corrected chi connectivity index (χ0v) is 47.8. The maximum absolute atomic E-state index is 2.67. The number of fused-ring (bicyclic) bond motifs is 12. The monoisotopic (exact) mass is 1020 g/mol. The van der Waals surface area contributed by atoms with Crippen molar-refractivity contribution in [3.8, 4) is 22.3 Å². The first-order chi connectivity index (χ1) is 36.8. The quantitative estimate of drug-likeness (QED) is 0.121. The van der Waals surface area contributed by atoms with Crippen LogP contribution in [0.5, 0.6) is 0 Å². The molecule has 2 nitrogen and oxygen atoms in total. The van der Waals surface area contributed by atoms with Crippen LogP contribution < -0.4 is 25.5 Å². The highest BCUT2D eigenvalue weighted by molar-refractivity contribution is 7.33. The van der Waals surface area contributed by atoms with E-state index in [1.54, 1.807) is 0 Å². The first-order valence-electron chi connectivity index (χ1n) is 27.9. The van der Waals surface area contributed by atoms with E-state index in [1.165, 1.54) is 137 Å². The summed E-state index contributed by atoms with van der Waals surface area (Å²) in [5.74, 6) is 0. The van der Waals surface area contributed by atoms with Crippen molar-refractivity contribution in [2.24, 2.45) is 0 Å². The molecule has 13 rings (SSSR count). The number of nitrogens with zero attached hydrogens (tertiary/aromatic N) is 2. The zero-order valence-electron chi connectivity index (χ0n) is 47.0. The van der Waals surface area contributed by atoms with Crippen molar-refractivity contribution in [2.75, 3.05) is 9.80 Å². The molecule has 0 aliphatic carbocycles. The van der Waals surface area contributed by atoms with Gasteiger partial charge in [0.15, 0.2) is 0 Å². The Balaban J connectivity index is 1.14. The third kappa shape index (κ3) is 7.87. The van der Waals surface area contributed by atoms with Crippen molar-refractivity contribution in [1.82, 2.24) is 0 Å². The van der Waals surface area contributed by atoms with Gasteiger partial charge in [-0.2, -0.15) is 0 Å². The van der Waals surface area contributed by atoms with Gasteiger partial charge in [-0.15, -0.1) is 11.3 Å². The van der Waals surface area contributed by atoms with Gasteiger partial charge in [-0.25, -0.2) is 0 Å². The lowest BCUT2D eigenvalue weighted by Gasteiger charge is -2.44. The Morgan fingerprint density at radius 3 is 1.60 bits per heavy atom. The van der Waals surface area contributed by atoms with Crippen molar-refractivity contribution < 1.29 is 0 Å². The fourth-order valence-electron chi connectivity index (χ4n) is 12.7. The van der Waals surface area contributed by atoms with Crippen LogP contribution >= 0.6 is 11.3 Å². The topological polar surface area (TPSA) is 6.48 Å². The minimum absolute atomic E-state index is 0.0149. The minimum atomic E-state index is -0.164. The summed E-state index contributed by atoms with van der Waals surface area (Å²) in [6.07, 6.45) is 1.07. The van der Waals surface area contributed by atoms with E-state index in [2.05, 4.69) is 281 Å². The molecule has 0 radical (unpaired) electrons. The Kier molecular flexibility index (Phi) is 11.2. The van der Waals surface area contributed by atoms with Gasteiger partial charge < -0.3 is 9.80 Å². The number of anilines is 6. The van der Waals surface area contributed by atoms with Crippen LogP contribution in [0.4, 0.5) is 34.1 Å². The molecule has 0 fully saturated rings. The molecule has 2 aliphatic heterocycles. The molecule has 0 atom stereocenters. The lowest BCUT2D eigenvalue weighted by atomic mass is 9.36. The van der Waals surface area contributed by atoms with Gasteiger partial charge in [-0.05, 0) is 171 Å². The summed E-state index contributed by atoms with van der Waals surface area (Å²) in [6, 6.07) is 72.8. The van der Waals surface area contributed by atoms with E-state index in [1.807, 2.05) is 11.3 Å². The van der Waals surface area contributed by atoms with E-state index in [-0.39, 0.29) is 28.4 Å². The van der Waals surface area contributed by atoms with Gasteiger partial charge in [0.1, 0.15) is 0 Å². The summed E-state index contributed by atoms with van der Waals surface area (Å²) >= 11 is 1.99. The van der Waals surface area contributed by atoms with Crippen LogP contribution in [0.25, 0.3) is 64.7 Å². The SMILES string of the molecule is CCC(C)(C)c1ccc(N2c3cccc4c3B(c3cc(-c5ccccc5)c(C(C)(C)C)cc3N4c3ccc(C(C)(C)C)cc3-c3ccc4c5ccccc5c5ccccc5c4c3)c3sc4ccc(C(C)(C)C)cc4c32)cc1. The van der Waals surface area contributed by atoms with Crippen molar-refractivity contribution in [1.29, 1.82) is 0 Å². The third-order valence-corrected chi connectivity index (χ3v) is 18.7. The molecule has 0 saturated heterocycles.